The van der Waals surface area contributed by atoms with Crippen LogP contribution in [0.25, 0.3) is 0 Å². The monoisotopic (exact) mass is 457 g/mol. The minimum Gasteiger partial charge on any atom is -0.493 e. The van der Waals surface area contributed by atoms with E-state index in [1.165, 1.54) is 27.4 Å². The Kier molecular flexibility index (Phi) is 7.96. The maximum Gasteiger partial charge on any atom is 0.342 e. The molecule has 0 saturated carbocycles. The standard InChI is InChI=1S/C23H27N3O7/c1-30-18-10-9-17(20(31-2)21(18)32-3)22(28)33-15-19(27)25-11-13-26(14-12-25)23(29)24-16-7-5-4-6-8-16/h4-10H,11-15H2,1-3H3,(H,24,29). The van der Waals surface area contributed by atoms with E-state index in [1.807, 2.05) is 18.2 Å². The lowest BCUT2D eigenvalue weighted by Crippen LogP contribution is -2.52. The van der Waals surface area contributed by atoms with Gasteiger partial charge in [0, 0.05) is 31.9 Å². The third-order valence-corrected chi connectivity index (χ3v) is 5.20. The Balaban J connectivity index is 1.52. The Morgan fingerprint density at radius 2 is 1.45 bits per heavy atom. The quantitative estimate of drug-likeness (QED) is 0.636. The van der Waals surface area contributed by atoms with E-state index in [2.05, 4.69) is 5.32 Å². The summed E-state index contributed by atoms with van der Waals surface area (Å²) < 4.78 is 21.0. The first-order valence-corrected chi connectivity index (χ1v) is 10.3. The van der Waals surface area contributed by atoms with Crippen molar-refractivity contribution in [1.82, 2.24) is 9.80 Å². The Hall–Kier alpha value is -3.95. The van der Waals surface area contributed by atoms with Crippen molar-refractivity contribution < 1.29 is 33.3 Å². The van der Waals surface area contributed by atoms with E-state index in [4.69, 9.17) is 18.9 Å². The van der Waals surface area contributed by atoms with E-state index in [0.717, 1.165) is 0 Å². The first-order chi connectivity index (χ1) is 16.0. The number of carbonyl (C=O) groups excluding carboxylic acids is 3. The number of carbonyl (C=O) groups is 3. The molecule has 0 aliphatic carbocycles. The van der Waals surface area contributed by atoms with Gasteiger partial charge in [0.1, 0.15) is 5.56 Å². The first kappa shape index (κ1) is 23.7. The number of anilines is 1. The third kappa shape index (κ3) is 5.65. The molecule has 3 rings (SSSR count). The summed E-state index contributed by atoms with van der Waals surface area (Å²) in [7, 11) is 4.30. The fourth-order valence-electron chi connectivity index (χ4n) is 3.44. The van der Waals surface area contributed by atoms with E-state index in [-0.39, 0.29) is 29.0 Å². The zero-order chi connectivity index (χ0) is 23.8. The molecule has 1 heterocycles. The van der Waals surface area contributed by atoms with Crippen LogP contribution in [0.15, 0.2) is 42.5 Å². The molecular formula is C23H27N3O7. The molecule has 0 bridgehead atoms. The van der Waals surface area contributed by atoms with Crippen LogP contribution in [-0.2, 0) is 9.53 Å². The van der Waals surface area contributed by atoms with Crippen LogP contribution < -0.4 is 19.5 Å². The van der Waals surface area contributed by atoms with Gasteiger partial charge in [0.2, 0.25) is 5.75 Å². The van der Waals surface area contributed by atoms with Gasteiger partial charge in [0.15, 0.2) is 18.1 Å². The molecule has 2 aromatic carbocycles. The van der Waals surface area contributed by atoms with Gasteiger partial charge < -0.3 is 34.1 Å². The molecule has 0 aromatic heterocycles. The van der Waals surface area contributed by atoms with Crippen LogP contribution in [0.2, 0.25) is 0 Å². The Bertz CT molecular complexity index is 989. The zero-order valence-corrected chi connectivity index (χ0v) is 18.8. The Labute approximate surface area is 192 Å². The van der Waals surface area contributed by atoms with Gasteiger partial charge >= 0.3 is 12.0 Å². The number of nitrogens with zero attached hydrogens (tertiary/aromatic N) is 2. The second-order valence-electron chi connectivity index (χ2n) is 7.12. The minimum atomic E-state index is -0.720. The number of benzene rings is 2. The highest BCUT2D eigenvalue weighted by Crippen LogP contribution is 2.39. The summed E-state index contributed by atoms with van der Waals surface area (Å²) in [5.74, 6) is -0.248. The summed E-state index contributed by atoms with van der Waals surface area (Å²) in [6.45, 7) is 1.02. The van der Waals surface area contributed by atoms with Gasteiger partial charge in [-0.05, 0) is 24.3 Å². The number of amides is 3. The van der Waals surface area contributed by atoms with Gasteiger partial charge in [-0.3, -0.25) is 4.79 Å². The topological polar surface area (TPSA) is 107 Å². The molecule has 3 amide bonds. The summed E-state index contributed by atoms with van der Waals surface area (Å²) in [5.41, 5.74) is 0.823. The molecule has 1 saturated heterocycles. The number of piperazine rings is 1. The number of esters is 1. The third-order valence-electron chi connectivity index (χ3n) is 5.20. The molecule has 0 unspecified atom stereocenters. The number of hydrogen-bond donors (Lipinski definition) is 1. The van der Waals surface area contributed by atoms with E-state index in [1.54, 1.807) is 28.0 Å². The molecule has 0 spiro atoms. The highest BCUT2D eigenvalue weighted by molar-refractivity contribution is 5.95. The van der Waals surface area contributed by atoms with E-state index in [0.29, 0.717) is 37.6 Å². The van der Waals surface area contributed by atoms with Gasteiger partial charge in [-0.2, -0.15) is 0 Å². The van der Waals surface area contributed by atoms with Gasteiger partial charge in [0.05, 0.1) is 21.3 Å². The van der Waals surface area contributed by atoms with Crippen LogP contribution in [-0.4, -0.2) is 81.8 Å². The molecular weight excluding hydrogens is 430 g/mol. The second kappa shape index (κ2) is 11.1. The van der Waals surface area contributed by atoms with Gasteiger partial charge in [0.25, 0.3) is 5.91 Å². The molecule has 33 heavy (non-hydrogen) atoms. The van der Waals surface area contributed by atoms with E-state index in [9.17, 15) is 14.4 Å². The second-order valence-corrected chi connectivity index (χ2v) is 7.12. The Morgan fingerprint density at radius 1 is 0.818 bits per heavy atom. The SMILES string of the molecule is COc1ccc(C(=O)OCC(=O)N2CCN(C(=O)Nc3ccccc3)CC2)c(OC)c1OC. The highest BCUT2D eigenvalue weighted by atomic mass is 16.5. The molecule has 1 aliphatic rings. The minimum absolute atomic E-state index is 0.116. The fraction of sp³-hybridized carbons (Fsp3) is 0.348. The number of rotatable bonds is 7. The van der Waals surface area contributed by atoms with Crippen molar-refractivity contribution in [2.45, 2.75) is 0 Å². The van der Waals surface area contributed by atoms with Gasteiger partial charge in [-0.25, -0.2) is 9.59 Å². The smallest absolute Gasteiger partial charge is 0.342 e. The van der Waals surface area contributed by atoms with Crippen molar-refractivity contribution >= 4 is 23.6 Å². The average Bonchev–Trinajstić information content (AvgIpc) is 2.86. The van der Waals surface area contributed by atoms with E-state index >= 15 is 0 Å². The fourth-order valence-corrected chi connectivity index (χ4v) is 3.44. The van der Waals surface area contributed by atoms with Gasteiger partial charge in [-0.15, -0.1) is 0 Å². The van der Waals surface area contributed by atoms with Crippen LogP contribution in [0.4, 0.5) is 10.5 Å². The lowest BCUT2D eigenvalue weighted by molar-refractivity contribution is -0.135. The van der Waals surface area contributed by atoms with Crippen molar-refractivity contribution in [1.29, 1.82) is 0 Å². The normalized spacial score (nSPS) is 13.2. The van der Waals surface area contributed by atoms with E-state index < -0.39 is 12.6 Å². The van der Waals surface area contributed by atoms with Gasteiger partial charge in [-0.1, -0.05) is 18.2 Å². The molecule has 1 fully saturated rings. The molecule has 0 radical (unpaired) electrons. The number of urea groups is 1. The predicted molar refractivity (Wildman–Crippen MR) is 120 cm³/mol. The summed E-state index contributed by atoms with van der Waals surface area (Å²) in [6, 6.07) is 12.0. The lowest BCUT2D eigenvalue weighted by atomic mass is 10.1. The maximum absolute atomic E-state index is 12.6. The highest BCUT2D eigenvalue weighted by Gasteiger charge is 2.26. The molecule has 1 aliphatic heterocycles. The number of hydrogen-bond acceptors (Lipinski definition) is 7. The zero-order valence-electron chi connectivity index (χ0n) is 18.8. The first-order valence-electron chi connectivity index (χ1n) is 10.3. The molecule has 10 nitrogen and oxygen atoms in total. The number of para-hydroxylation sites is 1. The molecule has 2 aromatic rings. The van der Waals surface area contributed by atoms with Crippen LogP contribution >= 0.6 is 0 Å². The van der Waals surface area contributed by atoms with Crippen molar-refractivity contribution in [3.63, 3.8) is 0 Å². The number of methoxy groups -OCH3 is 3. The summed E-state index contributed by atoms with van der Waals surface area (Å²) in [5, 5.41) is 2.83. The van der Waals surface area contributed by atoms with Crippen molar-refractivity contribution in [2.75, 3.05) is 59.4 Å². The van der Waals surface area contributed by atoms with Crippen LogP contribution in [0, 0.1) is 0 Å². The molecule has 10 heteroatoms. The Morgan fingerprint density at radius 3 is 2.06 bits per heavy atom. The summed E-state index contributed by atoms with van der Waals surface area (Å²) in [6.07, 6.45) is 0. The predicted octanol–water partition coefficient (Wildman–Crippen LogP) is 2.25. The maximum atomic E-state index is 12.6. The van der Waals surface area contributed by atoms with Crippen molar-refractivity contribution in [2.24, 2.45) is 0 Å². The van der Waals surface area contributed by atoms with Crippen LogP contribution in [0.5, 0.6) is 17.2 Å². The molecule has 0 atom stereocenters. The van der Waals surface area contributed by atoms with Crippen LogP contribution in [0.3, 0.4) is 0 Å². The van der Waals surface area contributed by atoms with Crippen LogP contribution in [0.1, 0.15) is 10.4 Å². The number of ether oxygens (including phenoxy) is 4. The van der Waals surface area contributed by atoms with Crippen molar-refractivity contribution in [3.8, 4) is 17.2 Å². The summed E-state index contributed by atoms with van der Waals surface area (Å²) in [4.78, 5) is 40.7. The summed E-state index contributed by atoms with van der Waals surface area (Å²) >= 11 is 0. The lowest BCUT2D eigenvalue weighted by Gasteiger charge is -2.34. The number of nitrogens with one attached hydrogen (secondary N) is 1. The molecule has 176 valence electrons. The van der Waals surface area contributed by atoms with Crippen molar-refractivity contribution in [3.05, 3.63) is 48.0 Å². The largest absolute Gasteiger partial charge is 0.493 e. The molecule has 1 N–H and O–H groups in total. The average molecular weight is 457 g/mol.